The van der Waals surface area contributed by atoms with E-state index in [1.54, 1.807) is 12.3 Å². The number of fused-ring (bicyclic) bond motifs is 1. The van der Waals surface area contributed by atoms with Crippen LogP contribution in [0.4, 0.5) is 4.39 Å². The van der Waals surface area contributed by atoms with E-state index in [2.05, 4.69) is 11.9 Å². The summed E-state index contributed by atoms with van der Waals surface area (Å²) < 4.78 is 18.7. The molecule has 1 aromatic heterocycles. The van der Waals surface area contributed by atoms with E-state index in [9.17, 15) is 9.18 Å². The minimum Gasteiger partial charge on any atom is -0.459 e. The van der Waals surface area contributed by atoms with Gasteiger partial charge in [0.15, 0.2) is 0 Å². The third-order valence-corrected chi connectivity index (χ3v) is 3.72. The summed E-state index contributed by atoms with van der Waals surface area (Å²) in [6.45, 7) is 4.17. The molecule has 1 heterocycles. The molecule has 1 aromatic carbocycles. The number of unbranched alkanes of at least 4 members (excludes halogenated alkanes) is 2. The van der Waals surface area contributed by atoms with Crippen molar-refractivity contribution < 1.29 is 13.9 Å². The number of nitrogens with one attached hydrogen (secondary N) is 1. The van der Waals surface area contributed by atoms with Crippen LogP contribution in [0.2, 0.25) is 0 Å². The maximum atomic E-state index is 13.1. The Labute approximate surface area is 136 Å². The van der Waals surface area contributed by atoms with E-state index in [0.717, 1.165) is 32.1 Å². The van der Waals surface area contributed by atoms with Crippen LogP contribution in [-0.4, -0.2) is 17.1 Å². The Hall–Kier alpha value is -1.55. The maximum Gasteiger partial charge on any atom is 0.340 e. The van der Waals surface area contributed by atoms with Crippen LogP contribution in [0.3, 0.4) is 0 Å². The lowest BCUT2D eigenvalue weighted by molar-refractivity contribution is 0.0269. The molecule has 0 spiro atoms. The van der Waals surface area contributed by atoms with E-state index in [0.29, 0.717) is 16.5 Å². The highest BCUT2D eigenvalue weighted by molar-refractivity contribution is 6.04. The van der Waals surface area contributed by atoms with Crippen molar-refractivity contribution in [3.63, 3.8) is 0 Å². The molecule has 2 rings (SSSR count). The van der Waals surface area contributed by atoms with Gasteiger partial charge in [-0.25, -0.2) is 9.18 Å². The van der Waals surface area contributed by atoms with Crippen molar-refractivity contribution in [2.75, 3.05) is 0 Å². The molecular weight excluding hydrogens is 305 g/mol. The summed E-state index contributed by atoms with van der Waals surface area (Å²) in [5, 5.41) is 0.699. The number of rotatable bonds is 7. The first-order valence-electron chi connectivity index (χ1n) is 7.63. The van der Waals surface area contributed by atoms with Gasteiger partial charge in [0.2, 0.25) is 0 Å². The second kappa shape index (κ2) is 8.79. The van der Waals surface area contributed by atoms with Gasteiger partial charge in [-0.15, -0.1) is 12.4 Å². The van der Waals surface area contributed by atoms with Gasteiger partial charge >= 0.3 is 5.97 Å². The molecule has 0 fully saturated rings. The zero-order chi connectivity index (χ0) is 15.2. The third-order valence-electron chi connectivity index (χ3n) is 3.72. The number of benzene rings is 1. The summed E-state index contributed by atoms with van der Waals surface area (Å²) in [5.41, 5.74) is 1.08. The lowest BCUT2D eigenvalue weighted by Crippen LogP contribution is -2.17. The molecule has 0 aliphatic heterocycles. The Morgan fingerprint density at radius 1 is 1.32 bits per heavy atom. The summed E-state index contributed by atoms with van der Waals surface area (Å²) >= 11 is 0. The number of esters is 1. The Bertz CT molecular complexity index is 612. The summed E-state index contributed by atoms with van der Waals surface area (Å²) in [7, 11) is 0. The topological polar surface area (TPSA) is 42.1 Å². The van der Waals surface area contributed by atoms with E-state index >= 15 is 0 Å². The van der Waals surface area contributed by atoms with E-state index in [-0.39, 0.29) is 30.3 Å². The van der Waals surface area contributed by atoms with Gasteiger partial charge in [0.05, 0.1) is 5.56 Å². The van der Waals surface area contributed by atoms with Gasteiger partial charge in [0.25, 0.3) is 0 Å². The first-order valence-corrected chi connectivity index (χ1v) is 7.63. The van der Waals surface area contributed by atoms with E-state index in [4.69, 9.17) is 4.74 Å². The zero-order valence-electron chi connectivity index (χ0n) is 13.0. The predicted octanol–water partition coefficient (Wildman–Crippen LogP) is 5.24. The second-order valence-corrected chi connectivity index (χ2v) is 5.32. The Morgan fingerprint density at radius 2 is 2.09 bits per heavy atom. The van der Waals surface area contributed by atoms with Crippen molar-refractivity contribution in [3.05, 3.63) is 35.8 Å². The monoisotopic (exact) mass is 327 g/mol. The second-order valence-electron chi connectivity index (χ2n) is 5.32. The molecule has 0 radical (unpaired) electrons. The van der Waals surface area contributed by atoms with Gasteiger partial charge in [-0.05, 0) is 37.5 Å². The van der Waals surface area contributed by atoms with Crippen LogP contribution in [0.5, 0.6) is 0 Å². The average molecular weight is 328 g/mol. The van der Waals surface area contributed by atoms with Crippen molar-refractivity contribution in [1.29, 1.82) is 0 Å². The molecule has 0 saturated carbocycles. The molecule has 0 aliphatic carbocycles. The first kappa shape index (κ1) is 18.5. The van der Waals surface area contributed by atoms with Crippen LogP contribution in [0.1, 0.15) is 56.3 Å². The fourth-order valence-corrected chi connectivity index (χ4v) is 2.45. The molecule has 0 bridgehead atoms. The number of halogens is 2. The standard InChI is InChI=1S/C17H22FNO2.ClH/c1-3-5-6-7-13(4-2)21-17(20)15-11-19-16-10-12(18)8-9-14(15)16;/h8-11,13,19H,3-7H2,1-2H3;1H. The highest BCUT2D eigenvalue weighted by Gasteiger charge is 2.17. The number of carbonyl (C=O) groups excluding carboxylic acids is 1. The lowest BCUT2D eigenvalue weighted by Gasteiger charge is -2.15. The first-order chi connectivity index (χ1) is 10.2. The van der Waals surface area contributed by atoms with Crippen LogP contribution < -0.4 is 0 Å². The third kappa shape index (κ3) is 4.47. The number of hydrogen-bond acceptors (Lipinski definition) is 2. The molecule has 3 nitrogen and oxygen atoms in total. The van der Waals surface area contributed by atoms with Crippen molar-refractivity contribution in [1.82, 2.24) is 4.98 Å². The molecule has 1 N–H and O–H groups in total. The molecule has 1 unspecified atom stereocenters. The Kier molecular flexibility index (Phi) is 7.39. The average Bonchev–Trinajstić information content (AvgIpc) is 2.89. The Morgan fingerprint density at radius 3 is 2.77 bits per heavy atom. The smallest absolute Gasteiger partial charge is 0.340 e. The summed E-state index contributed by atoms with van der Waals surface area (Å²) in [5.74, 6) is -0.661. The van der Waals surface area contributed by atoms with Crippen molar-refractivity contribution in [2.24, 2.45) is 0 Å². The fourth-order valence-electron chi connectivity index (χ4n) is 2.45. The molecule has 0 saturated heterocycles. The quantitative estimate of drug-likeness (QED) is 0.558. The van der Waals surface area contributed by atoms with Crippen LogP contribution in [-0.2, 0) is 4.74 Å². The van der Waals surface area contributed by atoms with E-state index < -0.39 is 0 Å². The molecule has 122 valence electrons. The maximum absolute atomic E-state index is 13.1. The highest BCUT2D eigenvalue weighted by atomic mass is 35.5. The lowest BCUT2D eigenvalue weighted by atomic mass is 10.1. The van der Waals surface area contributed by atoms with Crippen LogP contribution >= 0.6 is 12.4 Å². The van der Waals surface area contributed by atoms with Crippen molar-refractivity contribution in [2.45, 2.75) is 52.1 Å². The van der Waals surface area contributed by atoms with Crippen LogP contribution in [0, 0.1) is 5.82 Å². The molecule has 1 atom stereocenters. The number of ether oxygens (including phenoxy) is 1. The summed E-state index contributed by atoms with van der Waals surface area (Å²) in [6, 6.07) is 4.34. The molecule has 0 amide bonds. The van der Waals surface area contributed by atoms with Crippen molar-refractivity contribution in [3.8, 4) is 0 Å². The van der Waals surface area contributed by atoms with Gasteiger partial charge < -0.3 is 9.72 Å². The van der Waals surface area contributed by atoms with Crippen molar-refractivity contribution >= 4 is 29.3 Å². The van der Waals surface area contributed by atoms with Crippen LogP contribution in [0.25, 0.3) is 10.9 Å². The predicted molar refractivity (Wildman–Crippen MR) is 89.1 cm³/mol. The largest absolute Gasteiger partial charge is 0.459 e. The van der Waals surface area contributed by atoms with E-state index in [1.165, 1.54) is 12.1 Å². The summed E-state index contributed by atoms with van der Waals surface area (Å²) in [4.78, 5) is 15.2. The minimum atomic E-state index is -0.337. The number of H-pyrrole nitrogens is 1. The van der Waals surface area contributed by atoms with Gasteiger partial charge in [0.1, 0.15) is 11.9 Å². The summed E-state index contributed by atoms with van der Waals surface area (Å²) in [6.07, 6.45) is 6.62. The number of carbonyl (C=O) groups is 1. The molecule has 22 heavy (non-hydrogen) atoms. The molecule has 5 heteroatoms. The van der Waals surface area contributed by atoms with Gasteiger partial charge in [0, 0.05) is 17.1 Å². The van der Waals surface area contributed by atoms with E-state index in [1.807, 2.05) is 6.92 Å². The minimum absolute atomic E-state index is 0. The molecule has 0 aliphatic rings. The van der Waals surface area contributed by atoms with Gasteiger partial charge in [-0.3, -0.25) is 0 Å². The number of aromatic nitrogens is 1. The molecule has 2 aromatic rings. The highest BCUT2D eigenvalue weighted by Crippen LogP contribution is 2.21. The number of aromatic amines is 1. The SMILES string of the molecule is CCCCCC(CC)OC(=O)c1c[nH]c2cc(F)ccc12.Cl. The van der Waals surface area contributed by atoms with Crippen LogP contribution in [0.15, 0.2) is 24.4 Å². The normalized spacial score (nSPS) is 12.0. The fraction of sp³-hybridized carbons (Fsp3) is 0.471. The number of hydrogen-bond donors (Lipinski definition) is 1. The van der Waals surface area contributed by atoms with Gasteiger partial charge in [-0.2, -0.15) is 0 Å². The molecular formula is C17H23ClFNO2. The Balaban J connectivity index is 0.00000242. The van der Waals surface area contributed by atoms with Gasteiger partial charge in [-0.1, -0.05) is 26.7 Å². The zero-order valence-corrected chi connectivity index (χ0v) is 13.8.